The van der Waals surface area contributed by atoms with E-state index in [1.54, 1.807) is 0 Å². The van der Waals surface area contributed by atoms with Crippen LogP contribution in [0.1, 0.15) is 12.8 Å². The number of carbonyl (C=O) groups excluding carboxylic acids is 3. The first kappa shape index (κ1) is 12.9. The Morgan fingerprint density at radius 1 is 1.07 bits per heavy atom. The summed E-state index contributed by atoms with van der Waals surface area (Å²) in [6.45, 7) is 0. The van der Waals surface area contributed by atoms with Crippen LogP contribution in [0.25, 0.3) is 0 Å². The molecule has 0 unspecified atom stereocenters. The van der Waals surface area contributed by atoms with Gasteiger partial charge in [-0.3, -0.25) is 14.4 Å². The van der Waals surface area contributed by atoms with Crippen molar-refractivity contribution in [2.24, 2.45) is 5.92 Å². The topological polar surface area (TPSA) is 69.7 Å². The van der Waals surface area contributed by atoms with Crippen molar-refractivity contribution in [3.05, 3.63) is 0 Å². The smallest absolute Gasteiger partial charge is 0.306 e. The van der Waals surface area contributed by atoms with Gasteiger partial charge in [0.1, 0.15) is 0 Å². The molecule has 0 spiro atoms. The minimum absolute atomic E-state index is 0.214. The molecule has 0 saturated heterocycles. The molecule has 0 amide bonds. The van der Waals surface area contributed by atoms with Gasteiger partial charge in [0.15, 0.2) is 0 Å². The fourth-order valence-electron chi connectivity index (χ4n) is 0.802. The van der Waals surface area contributed by atoms with Gasteiger partial charge in [-0.15, -0.1) is 0 Å². The summed E-state index contributed by atoms with van der Waals surface area (Å²) >= 11 is 5.19. The Hall–Kier alpha value is -1.10. The highest BCUT2D eigenvalue weighted by molar-refractivity contribution is 6.64. The van der Waals surface area contributed by atoms with Crippen molar-refractivity contribution < 1.29 is 23.9 Å². The predicted molar refractivity (Wildman–Crippen MR) is 47.6 cm³/mol. The fourth-order valence-corrected chi connectivity index (χ4v) is 0.956. The van der Waals surface area contributed by atoms with Crippen molar-refractivity contribution in [2.45, 2.75) is 12.8 Å². The third-order valence-electron chi connectivity index (χ3n) is 1.60. The maximum absolute atomic E-state index is 10.8. The lowest BCUT2D eigenvalue weighted by Crippen LogP contribution is -2.19. The lowest BCUT2D eigenvalue weighted by Gasteiger charge is -2.08. The zero-order valence-electron chi connectivity index (χ0n) is 7.91. The van der Waals surface area contributed by atoms with Crippen molar-refractivity contribution in [1.29, 1.82) is 0 Å². The van der Waals surface area contributed by atoms with Gasteiger partial charge < -0.3 is 9.47 Å². The van der Waals surface area contributed by atoms with Crippen molar-refractivity contribution in [2.75, 3.05) is 14.2 Å². The van der Waals surface area contributed by atoms with Gasteiger partial charge in [-0.2, -0.15) is 0 Å². The maximum Gasteiger partial charge on any atom is 0.306 e. The highest BCUT2D eigenvalue weighted by Gasteiger charge is 2.24. The van der Waals surface area contributed by atoms with Gasteiger partial charge in [0.25, 0.3) is 0 Å². The third-order valence-corrected chi connectivity index (χ3v) is 1.91. The van der Waals surface area contributed by atoms with Crippen LogP contribution >= 0.6 is 11.6 Å². The molecule has 0 radical (unpaired) electrons. The number of carbonyl (C=O) groups is 3. The van der Waals surface area contributed by atoms with Crippen LogP contribution in [0.4, 0.5) is 0 Å². The van der Waals surface area contributed by atoms with Gasteiger partial charge in [-0.1, -0.05) is 0 Å². The fraction of sp³-hybridized carbons (Fsp3) is 0.625. The molecule has 0 aromatic heterocycles. The zero-order chi connectivity index (χ0) is 11.1. The largest absolute Gasteiger partial charge is 0.469 e. The van der Waals surface area contributed by atoms with Crippen LogP contribution < -0.4 is 0 Å². The molecule has 80 valence electrons. The molecule has 0 aliphatic rings. The van der Waals surface area contributed by atoms with E-state index in [9.17, 15) is 14.4 Å². The van der Waals surface area contributed by atoms with Gasteiger partial charge in [0.2, 0.25) is 5.24 Å². The number of halogens is 1. The first-order valence-electron chi connectivity index (χ1n) is 3.84. The predicted octanol–water partition coefficient (Wildman–Crippen LogP) is 0.494. The summed E-state index contributed by atoms with van der Waals surface area (Å²) in [5.41, 5.74) is 0. The Morgan fingerprint density at radius 3 is 1.64 bits per heavy atom. The molecular weight excluding hydrogens is 212 g/mol. The number of methoxy groups -OCH3 is 2. The molecular formula is C8H11ClO5. The second-order valence-corrected chi connectivity index (χ2v) is 2.93. The van der Waals surface area contributed by atoms with Crippen LogP contribution in [0.5, 0.6) is 0 Å². The van der Waals surface area contributed by atoms with Gasteiger partial charge in [-0.05, 0) is 11.6 Å². The Labute approximate surface area is 86.3 Å². The van der Waals surface area contributed by atoms with Crippen LogP contribution in [0.15, 0.2) is 0 Å². The summed E-state index contributed by atoms with van der Waals surface area (Å²) in [5, 5.41) is -0.749. The van der Waals surface area contributed by atoms with E-state index in [0.29, 0.717) is 0 Å². The zero-order valence-corrected chi connectivity index (χ0v) is 8.67. The van der Waals surface area contributed by atoms with Crippen LogP contribution in [0, 0.1) is 5.92 Å². The lowest BCUT2D eigenvalue weighted by molar-refractivity contribution is -0.146. The number of hydrogen-bond acceptors (Lipinski definition) is 5. The maximum atomic E-state index is 10.8. The van der Waals surface area contributed by atoms with E-state index in [0.717, 1.165) is 0 Å². The van der Waals surface area contributed by atoms with Crippen LogP contribution in [-0.2, 0) is 23.9 Å². The molecule has 0 fully saturated rings. The van der Waals surface area contributed by atoms with Crippen LogP contribution in [-0.4, -0.2) is 31.4 Å². The first-order chi connectivity index (χ1) is 6.51. The average Bonchev–Trinajstić information content (AvgIpc) is 2.16. The monoisotopic (exact) mass is 222 g/mol. The molecule has 5 nitrogen and oxygen atoms in total. The van der Waals surface area contributed by atoms with E-state index >= 15 is 0 Å². The van der Waals surface area contributed by atoms with Gasteiger partial charge in [0.05, 0.1) is 33.0 Å². The molecule has 0 atom stereocenters. The summed E-state index contributed by atoms with van der Waals surface area (Å²) in [7, 11) is 2.38. The molecule has 0 aliphatic carbocycles. The second kappa shape index (κ2) is 6.37. The first-order valence-corrected chi connectivity index (χ1v) is 4.22. The van der Waals surface area contributed by atoms with Gasteiger partial charge >= 0.3 is 11.9 Å². The summed E-state index contributed by atoms with van der Waals surface area (Å²) in [4.78, 5) is 32.4. The SMILES string of the molecule is COC(=O)CC(CC(=O)OC)C(=O)Cl. The molecule has 0 aromatic carbocycles. The van der Waals surface area contributed by atoms with Crippen molar-refractivity contribution in [3.8, 4) is 0 Å². The van der Waals surface area contributed by atoms with E-state index in [4.69, 9.17) is 11.6 Å². The lowest BCUT2D eigenvalue weighted by atomic mass is 10.0. The molecule has 0 heterocycles. The molecule has 14 heavy (non-hydrogen) atoms. The van der Waals surface area contributed by atoms with Crippen molar-refractivity contribution in [1.82, 2.24) is 0 Å². The summed E-state index contributed by atoms with van der Waals surface area (Å²) in [6.07, 6.45) is -0.429. The number of rotatable bonds is 5. The van der Waals surface area contributed by atoms with Gasteiger partial charge in [-0.25, -0.2) is 0 Å². The van der Waals surface area contributed by atoms with Crippen LogP contribution in [0.2, 0.25) is 0 Å². The van der Waals surface area contributed by atoms with Crippen molar-refractivity contribution >= 4 is 28.8 Å². The van der Waals surface area contributed by atoms with Crippen LogP contribution in [0.3, 0.4) is 0 Å². The van der Waals surface area contributed by atoms with E-state index < -0.39 is 23.1 Å². The standard InChI is InChI=1S/C8H11ClO5/c1-13-6(10)3-5(8(9)12)4-7(11)14-2/h5H,3-4H2,1-2H3. The quantitative estimate of drug-likeness (QED) is 0.500. The Kier molecular flexibility index (Phi) is 5.87. The molecule has 0 bridgehead atoms. The molecule has 0 aliphatic heterocycles. The molecule has 6 heteroatoms. The number of ether oxygens (including phenoxy) is 2. The summed E-state index contributed by atoms with van der Waals surface area (Å²) in [5.74, 6) is -2.06. The van der Waals surface area contributed by atoms with E-state index in [-0.39, 0.29) is 12.8 Å². The Bertz CT molecular complexity index is 220. The molecule has 0 N–H and O–H groups in total. The molecule has 0 saturated carbocycles. The Balaban J connectivity index is 4.23. The van der Waals surface area contributed by atoms with Crippen molar-refractivity contribution in [3.63, 3.8) is 0 Å². The van der Waals surface area contributed by atoms with E-state index in [1.807, 2.05) is 0 Å². The average molecular weight is 223 g/mol. The highest BCUT2D eigenvalue weighted by atomic mass is 35.5. The highest BCUT2D eigenvalue weighted by Crippen LogP contribution is 2.14. The number of esters is 2. The summed E-state index contributed by atoms with van der Waals surface area (Å²) in [6, 6.07) is 0. The van der Waals surface area contributed by atoms with E-state index in [1.165, 1.54) is 14.2 Å². The Morgan fingerprint density at radius 2 is 1.43 bits per heavy atom. The molecule has 0 aromatic rings. The summed E-state index contributed by atoms with van der Waals surface area (Å²) < 4.78 is 8.69. The minimum Gasteiger partial charge on any atom is -0.469 e. The minimum atomic E-state index is -0.878. The third kappa shape index (κ3) is 4.81. The normalized spacial score (nSPS) is 9.71. The van der Waals surface area contributed by atoms with E-state index in [2.05, 4.69) is 9.47 Å². The molecule has 0 rings (SSSR count). The second-order valence-electron chi connectivity index (χ2n) is 2.56. The van der Waals surface area contributed by atoms with Gasteiger partial charge in [0, 0.05) is 0 Å². The number of hydrogen-bond donors (Lipinski definition) is 0.